The van der Waals surface area contributed by atoms with E-state index in [1.165, 1.54) is 18.2 Å². The van der Waals surface area contributed by atoms with Crippen LogP contribution in [0.3, 0.4) is 0 Å². The molecule has 170 valence electrons. The summed E-state index contributed by atoms with van der Waals surface area (Å²) in [5.74, 6) is -0.173. The zero-order valence-corrected chi connectivity index (χ0v) is 18.2. The highest BCUT2D eigenvalue weighted by Crippen LogP contribution is 2.33. The molecule has 1 saturated heterocycles. The molecule has 1 aliphatic rings. The van der Waals surface area contributed by atoms with Crippen LogP contribution in [0, 0.1) is 0 Å². The van der Waals surface area contributed by atoms with Crippen molar-refractivity contribution in [1.29, 1.82) is 0 Å². The number of carbonyl (C=O) groups excluding carboxylic acids is 1. The molecule has 0 bridgehead atoms. The zero-order valence-electron chi connectivity index (χ0n) is 17.4. The Labute approximate surface area is 179 Å². The molecule has 6 nitrogen and oxygen atoms in total. The first kappa shape index (κ1) is 23.2. The van der Waals surface area contributed by atoms with Gasteiger partial charge in [-0.25, -0.2) is 4.79 Å². The fourth-order valence-electron chi connectivity index (χ4n) is 3.44. The quantitative estimate of drug-likeness (QED) is 0.467. The van der Waals surface area contributed by atoms with Gasteiger partial charge in [0.15, 0.2) is 0 Å². The van der Waals surface area contributed by atoms with Crippen LogP contribution < -0.4 is 4.18 Å². The van der Waals surface area contributed by atoms with Crippen LogP contribution in [0.5, 0.6) is 5.75 Å². The fourth-order valence-corrected chi connectivity index (χ4v) is 3.90. The van der Waals surface area contributed by atoms with Crippen LogP contribution in [-0.2, 0) is 14.9 Å². The van der Waals surface area contributed by atoms with Crippen LogP contribution in [0.1, 0.15) is 45.1 Å². The SMILES string of the molecule is CC(C)(C)OC(=O)N1CCC(c2ccc3cc(OS(=O)(=O)C(F)(F)F)ccc3c2)CC1. The van der Waals surface area contributed by atoms with Crippen molar-refractivity contribution in [2.75, 3.05) is 13.1 Å². The van der Waals surface area contributed by atoms with Gasteiger partial charge >= 0.3 is 21.7 Å². The number of benzene rings is 2. The van der Waals surface area contributed by atoms with Crippen molar-refractivity contribution in [2.45, 2.75) is 50.6 Å². The number of nitrogens with zero attached hydrogens (tertiary/aromatic N) is 1. The van der Waals surface area contributed by atoms with E-state index < -0.39 is 27.0 Å². The normalized spacial score (nSPS) is 16.4. The third-order valence-corrected chi connectivity index (χ3v) is 5.92. The van der Waals surface area contributed by atoms with Gasteiger partial charge in [0.05, 0.1) is 0 Å². The minimum absolute atomic E-state index is 0.227. The van der Waals surface area contributed by atoms with Gasteiger partial charge in [0, 0.05) is 13.1 Å². The molecule has 2 aromatic rings. The second-order valence-corrected chi connectivity index (χ2v) is 10.0. The number of likely N-dealkylation sites (tertiary alicyclic amines) is 1. The molecule has 0 saturated carbocycles. The first-order chi connectivity index (χ1) is 14.2. The highest BCUT2D eigenvalue weighted by atomic mass is 32.2. The molecule has 0 aromatic heterocycles. The maximum atomic E-state index is 12.5. The molecule has 1 heterocycles. The Morgan fingerprint density at radius 2 is 1.58 bits per heavy atom. The van der Waals surface area contributed by atoms with Crippen molar-refractivity contribution >= 4 is 27.0 Å². The lowest BCUT2D eigenvalue weighted by atomic mass is 9.88. The number of halogens is 3. The molecule has 0 N–H and O–H groups in total. The molecule has 10 heteroatoms. The summed E-state index contributed by atoms with van der Waals surface area (Å²) in [6.07, 6.45) is 1.19. The van der Waals surface area contributed by atoms with Crippen LogP contribution in [0.4, 0.5) is 18.0 Å². The number of rotatable bonds is 3. The molecule has 0 spiro atoms. The number of fused-ring (bicyclic) bond motifs is 1. The molecular weight excluding hydrogens is 435 g/mol. The maximum absolute atomic E-state index is 12.5. The number of hydrogen-bond acceptors (Lipinski definition) is 5. The number of ether oxygens (including phenoxy) is 1. The average molecular weight is 459 g/mol. The van der Waals surface area contributed by atoms with Crippen molar-refractivity contribution in [3.05, 3.63) is 42.0 Å². The van der Waals surface area contributed by atoms with E-state index in [0.29, 0.717) is 18.5 Å². The lowest BCUT2D eigenvalue weighted by Crippen LogP contribution is -2.41. The number of hydrogen-bond donors (Lipinski definition) is 0. The van der Waals surface area contributed by atoms with E-state index in [-0.39, 0.29) is 12.0 Å². The number of carbonyl (C=O) groups is 1. The number of piperidine rings is 1. The average Bonchev–Trinajstić information content (AvgIpc) is 2.65. The van der Waals surface area contributed by atoms with Gasteiger partial charge in [-0.05, 0) is 68.0 Å². The summed E-state index contributed by atoms with van der Waals surface area (Å²) in [4.78, 5) is 13.9. The topological polar surface area (TPSA) is 72.9 Å². The Morgan fingerprint density at radius 1 is 1.00 bits per heavy atom. The first-order valence-corrected chi connectivity index (χ1v) is 11.2. The van der Waals surface area contributed by atoms with Crippen LogP contribution in [0.25, 0.3) is 10.8 Å². The Balaban J connectivity index is 1.69. The van der Waals surface area contributed by atoms with Gasteiger partial charge in [0.2, 0.25) is 0 Å². The summed E-state index contributed by atoms with van der Waals surface area (Å²) in [6.45, 7) is 6.60. The van der Waals surface area contributed by atoms with Gasteiger partial charge in [-0.3, -0.25) is 0 Å². The Hall–Kier alpha value is -2.49. The Morgan fingerprint density at radius 3 is 2.16 bits per heavy atom. The standard InChI is InChI=1S/C21H24F3NO5S/c1-20(2,3)29-19(26)25-10-8-14(9-11-25)15-4-5-17-13-18(7-6-16(17)12-15)30-31(27,28)21(22,23)24/h4-7,12-14H,8-11H2,1-3H3. The van der Waals surface area contributed by atoms with Crippen LogP contribution in [0.2, 0.25) is 0 Å². The second-order valence-electron chi connectivity index (χ2n) is 8.49. The van der Waals surface area contributed by atoms with Crippen molar-refractivity contribution in [3.63, 3.8) is 0 Å². The van der Waals surface area contributed by atoms with E-state index in [0.717, 1.165) is 23.8 Å². The number of alkyl halides is 3. The number of amides is 1. The molecule has 1 fully saturated rings. The van der Waals surface area contributed by atoms with Crippen LogP contribution in [0.15, 0.2) is 36.4 Å². The summed E-state index contributed by atoms with van der Waals surface area (Å²) in [5.41, 5.74) is -4.98. The summed E-state index contributed by atoms with van der Waals surface area (Å²) in [7, 11) is -5.71. The van der Waals surface area contributed by atoms with E-state index in [1.54, 1.807) is 11.0 Å². The molecule has 3 rings (SSSR count). The molecule has 0 atom stereocenters. The third kappa shape index (κ3) is 5.61. The van der Waals surface area contributed by atoms with E-state index in [9.17, 15) is 26.4 Å². The first-order valence-electron chi connectivity index (χ1n) is 9.77. The molecule has 31 heavy (non-hydrogen) atoms. The molecular formula is C21H24F3NO5S. The zero-order chi connectivity index (χ0) is 23.0. The summed E-state index contributed by atoms with van der Waals surface area (Å²) in [6, 6.07) is 9.48. The van der Waals surface area contributed by atoms with E-state index >= 15 is 0 Å². The largest absolute Gasteiger partial charge is 0.534 e. The predicted octanol–water partition coefficient (Wildman–Crippen LogP) is 5.18. The van der Waals surface area contributed by atoms with E-state index in [2.05, 4.69) is 4.18 Å². The second kappa shape index (κ2) is 8.22. The summed E-state index contributed by atoms with van der Waals surface area (Å²) in [5, 5.41) is 1.31. The van der Waals surface area contributed by atoms with Gasteiger partial charge in [0.1, 0.15) is 11.4 Å². The van der Waals surface area contributed by atoms with E-state index in [4.69, 9.17) is 4.74 Å². The summed E-state index contributed by atoms with van der Waals surface area (Å²) < 4.78 is 69.5. The smallest absolute Gasteiger partial charge is 0.444 e. The predicted molar refractivity (Wildman–Crippen MR) is 109 cm³/mol. The van der Waals surface area contributed by atoms with Crippen molar-refractivity contribution in [3.8, 4) is 5.75 Å². The third-order valence-electron chi connectivity index (χ3n) is 4.94. The van der Waals surface area contributed by atoms with Crippen molar-refractivity contribution in [2.24, 2.45) is 0 Å². The van der Waals surface area contributed by atoms with Gasteiger partial charge < -0.3 is 13.8 Å². The van der Waals surface area contributed by atoms with Gasteiger partial charge in [-0.2, -0.15) is 21.6 Å². The monoisotopic (exact) mass is 459 g/mol. The highest BCUT2D eigenvalue weighted by Gasteiger charge is 2.48. The Kier molecular flexibility index (Phi) is 6.14. The Bertz CT molecular complexity index is 1070. The van der Waals surface area contributed by atoms with Gasteiger partial charge in [-0.15, -0.1) is 0 Å². The minimum atomic E-state index is -5.71. The van der Waals surface area contributed by atoms with Gasteiger partial charge in [-0.1, -0.05) is 24.3 Å². The molecule has 2 aromatic carbocycles. The molecule has 0 radical (unpaired) electrons. The lowest BCUT2D eigenvalue weighted by molar-refractivity contribution is -0.0500. The molecule has 1 aliphatic heterocycles. The molecule has 0 unspecified atom stereocenters. The van der Waals surface area contributed by atoms with Crippen LogP contribution in [-0.4, -0.2) is 43.6 Å². The molecule has 0 aliphatic carbocycles. The van der Waals surface area contributed by atoms with Crippen molar-refractivity contribution in [1.82, 2.24) is 4.90 Å². The van der Waals surface area contributed by atoms with Gasteiger partial charge in [0.25, 0.3) is 0 Å². The summed E-state index contributed by atoms with van der Waals surface area (Å²) >= 11 is 0. The fraction of sp³-hybridized carbons (Fsp3) is 0.476. The van der Waals surface area contributed by atoms with Crippen LogP contribution >= 0.6 is 0 Å². The maximum Gasteiger partial charge on any atom is 0.534 e. The van der Waals surface area contributed by atoms with E-state index in [1.807, 2.05) is 32.9 Å². The molecule has 1 amide bonds. The minimum Gasteiger partial charge on any atom is -0.444 e. The lowest BCUT2D eigenvalue weighted by Gasteiger charge is -2.33. The highest BCUT2D eigenvalue weighted by molar-refractivity contribution is 7.88. The van der Waals surface area contributed by atoms with Crippen molar-refractivity contribution < 1.29 is 35.3 Å².